The Kier molecular flexibility index (Phi) is 3.97. The Morgan fingerprint density at radius 2 is 1.55 bits per heavy atom. The number of nitriles is 2. The van der Waals surface area contributed by atoms with Gasteiger partial charge in [-0.25, -0.2) is 0 Å². The van der Waals surface area contributed by atoms with Crippen LogP contribution in [0.15, 0.2) is 18.2 Å². The second-order valence-electron chi connectivity index (χ2n) is 6.10. The minimum Gasteiger partial charge on any atom is -0.369 e. The van der Waals surface area contributed by atoms with Gasteiger partial charge in [-0.3, -0.25) is 4.90 Å². The fourth-order valence-electron chi connectivity index (χ4n) is 2.55. The first kappa shape index (κ1) is 14.4. The zero-order valence-electron chi connectivity index (χ0n) is 12.3. The van der Waals surface area contributed by atoms with Crippen LogP contribution in [0.25, 0.3) is 0 Å². The second kappa shape index (κ2) is 5.53. The van der Waals surface area contributed by atoms with Gasteiger partial charge >= 0.3 is 0 Å². The Hall–Kier alpha value is -2.04. The third kappa shape index (κ3) is 2.92. The minimum atomic E-state index is 0.203. The first-order valence-electron chi connectivity index (χ1n) is 6.90. The summed E-state index contributed by atoms with van der Waals surface area (Å²) in [6, 6.07) is 9.66. The van der Waals surface area contributed by atoms with E-state index < -0.39 is 0 Å². The molecule has 1 aromatic carbocycles. The Morgan fingerprint density at radius 1 is 0.950 bits per heavy atom. The van der Waals surface area contributed by atoms with Crippen LogP contribution in [0.5, 0.6) is 0 Å². The molecule has 0 aliphatic carbocycles. The summed E-state index contributed by atoms with van der Waals surface area (Å²) < 4.78 is 0. The third-order valence-corrected chi connectivity index (χ3v) is 3.84. The molecule has 0 spiro atoms. The number of piperazine rings is 1. The van der Waals surface area contributed by atoms with E-state index in [9.17, 15) is 0 Å². The molecule has 104 valence electrons. The highest BCUT2D eigenvalue weighted by Gasteiger charge is 2.26. The zero-order valence-corrected chi connectivity index (χ0v) is 12.3. The van der Waals surface area contributed by atoms with Crippen molar-refractivity contribution in [3.05, 3.63) is 29.3 Å². The largest absolute Gasteiger partial charge is 0.369 e. The van der Waals surface area contributed by atoms with Gasteiger partial charge in [-0.05, 0) is 39.0 Å². The third-order valence-electron chi connectivity index (χ3n) is 3.84. The standard InChI is InChI=1S/C16H20N4/c1-16(2,3)20-8-6-19(7-9-20)15-5-4-13(11-17)14(10-15)12-18/h4-5,10H,6-9H2,1-3H3. The molecule has 0 N–H and O–H groups in total. The molecule has 2 rings (SSSR count). The molecule has 0 atom stereocenters. The van der Waals surface area contributed by atoms with Gasteiger partial charge in [0.25, 0.3) is 0 Å². The van der Waals surface area contributed by atoms with E-state index in [0.717, 1.165) is 31.9 Å². The van der Waals surface area contributed by atoms with Gasteiger partial charge in [0.1, 0.15) is 12.1 Å². The van der Waals surface area contributed by atoms with Crippen molar-refractivity contribution in [2.75, 3.05) is 31.1 Å². The van der Waals surface area contributed by atoms with Crippen LogP contribution in [-0.2, 0) is 0 Å². The van der Waals surface area contributed by atoms with Crippen LogP contribution in [0.3, 0.4) is 0 Å². The van der Waals surface area contributed by atoms with Gasteiger partial charge in [0.05, 0.1) is 11.1 Å². The van der Waals surface area contributed by atoms with Crippen LogP contribution < -0.4 is 4.90 Å². The van der Waals surface area contributed by atoms with Crippen molar-refractivity contribution in [2.45, 2.75) is 26.3 Å². The van der Waals surface area contributed by atoms with E-state index in [1.54, 1.807) is 6.07 Å². The van der Waals surface area contributed by atoms with Crippen molar-refractivity contribution in [1.82, 2.24) is 4.90 Å². The maximum Gasteiger partial charge on any atom is 0.101 e. The molecular weight excluding hydrogens is 248 g/mol. The lowest BCUT2D eigenvalue weighted by atomic mass is 10.0. The Labute approximate surface area is 120 Å². The van der Waals surface area contributed by atoms with Crippen molar-refractivity contribution < 1.29 is 0 Å². The molecule has 0 radical (unpaired) electrons. The summed E-state index contributed by atoms with van der Waals surface area (Å²) >= 11 is 0. The number of nitrogens with zero attached hydrogens (tertiary/aromatic N) is 4. The van der Waals surface area contributed by atoms with Crippen LogP contribution in [0.2, 0.25) is 0 Å². The van der Waals surface area contributed by atoms with Crippen molar-refractivity contribution in [1.29, 1.82) is 10.5 Å². The molecular formula is C16H20N4. The predicted molar refractivity (Wildman–Crippen MR) is 79.4 cm³/mol. The fourth-order valence-corrected chi connectivity index (χ4v) is 2.55. The number of benzene rings is 1. The number of hydrogen-bond acceptors (Lipinski definition) is 4. The molecule has 1 aliphatic rings. The van der Waals surface area contributed by atoms with Crippen molar-refractivity contribution in [3.8, 4) is 12.1 Å². The maximum atomic E-state index is 9.09. The molecule has 0 bridgehead atoms. The highest BCUT2D eigenvalue weighted by molar-refractivity contribution is 5.57. The minimum absolute atomic E-state index is 0.203. The van der Waals surface area contributed by atoms with Crippen LogP contribution >= 0.6 is 0 Å². The molecule has 1 aromatic rings. The van der Waals surface area contributed by atoms with E-state index in [-0.39, 0.29) is 5.54 Å². The summed E-state index contributed by atoms with van der Waals surface area (Å²) in [5.74, 6) is 0. The lowest BCUT2D eigenvalue weighted by Gasteiger charge is -2.43. The molecule has 0 saturated carbocycles. The lowest BCUT2D eigenvalue weighted by molar-refractivity contribution is 0.128. The molecule has 0 aromatic heterocycles. The second-order valence-corrected chi connectivity index (χ2v) is 6.10. The SMILES string of the molecule is CC(C)(C)N1CCN(c2ccc(C#N)c(C#N)c2)CC1. The van der Waals surface area contributed by atoms with E-state index in [1.165, 1.54) is 0 Å². The summed E-state index contributed by atoms with van der Waals surface area (Å²) in [4.78, 5) is 4.75. The van der Waals surface area contributed by atoms with Gasteiger partial charge in [-0.15, -0.1) is 0 Å². The highest BCUT2D eigenvalue weighted by atomic mass is 15.3. The normalized spacial score (nSPS) is 16.6. The summed E-state index contributed by atoms with van der Waals surface area (Å²) in [5.41, 5.74) is 2.15. The quantitative estimate of drug-likeness (QED) is 0.784. The Bertz CT molecular complexity index is 564. The summed E-state index contributed by atoms with van der Waals surface area (Å²) in [6.45, 7) is 10.6. The number of anilines is 1. The summed E-state index contributed by atoms with van der Waals surface area (Å²) in [7, 11) is 0. The highest BCUT2D eigenvalue weighted by Crippen LogP contribution is 2.22. The van der Waals surface area contributed by atoms with Crippen LogP contribution in [0.4, 0.5) is 5.69 Å². The monoisotopic (exact) mass is 268 g/mol. The smallest absolute Gasteiger partial charge is 0.101 e. The molecule has 0 amide bonds. The van der Waals surface area contributed by atoms with E-state index in [1.807, 2.05) is 12.1 Å². The van der Waals surface area contributed by atoms with E-state index in [2.05, 4.69) is 42.7 Å². The van der Waals surface area contributed by atoms with Gasteiger partial charge in [0.15, 0.2) is 0 Å². The molecule has 1 aliphatic heterocycles. The van der Waals surface area contributed by atoms with E-state index >= 15 is 0 Å². The van der Waals surface area contributed by atoms with Crippen LogP contribution in [-0.4, -0.2) is 36.6 Å². The van der Waals surface area contributed by atoms with Gasteiger partial charge < -0.3 is 4.90 Å². The fraction of sp³-hybridized carbons (Fsp3) is 0.500. The average Bonchev–Trinajstić information content (AvgIpc) is 2.45. The first-order valence-corrected chi connectivity index (χ1v) is 6.90. The van der Waals surface area contributed by atoms with Gasteiger partial charge in [-0.1, -0.05) is 0 Å². The topological polar surface area (TPSA) is 54.1 Å². The summed E-state index contributed by atoms with van der Waals surface area (Å²) in [5, 5.41) is 18.0. The molecule has 1 saturated heterocycles. The molecule has 20 heavy (non-hydrogen) atoms. The van der Waals surface area contributed by atoms with Crippen molar-refractivity contribution in [2.24, 2.45) is 0 Å². The maximum absolute atomic E-state index is 9.09. The van der Waals surface area contributed by atoms with Gasteiger partial charge in [-0.2, -0.15) is 10.5 Å². The predicted octanol–water partition coefficient (Wildman–Crippen LogP) is 2.35. The first-order chi connectivity index (χ1) is 9.45. The van der Waals surface area contributed by atoms with Crippen LogP contribution in [0, 0.1) is 22.7 Å². The number of hydrogen-bond donors (Lipinski definition) is 0. The number of rotatable bonds is 1. The van der Waals surface area contributed by atoms with E-state index in [0.29, 0.717) is 11.1 Å². The molecule has 1 fully saturated rings. The molecule has 1 heterocycles. The summed E-state index contributed by atoms with van der Waals surface area (Å²) in [6.07, 6.45) is 0. The van der Waals surface area contributed by atoms with Gasteiger partial charge in [0.2, 0.25) is 0 Å². The average molecular weight is 268 g/mol. The molecule has 4 heteroatoms. The zero-order chi connectivity index (χ0) is 14.8. The van der Waals surface area contributed by atoms with Crippen molar-refractivity contribution >= 4 is 5.69 Å². The van der Waals surface area contributed by atoms with Crippen LogP contribution in [0.1, 0.15) is 31.9 Å². The lowest BCUT2D eigenvalue weighted by Crippen LogP contribution is -2.53. The Morgan fingerprint density at radius 3 is 2.05 bits per heavy atom. The van der Waals surface area contributed by atoms with E-state index in [4.69, 9.17) is 10.5 Å². The van der Waals surface area contributed by atoms with Crippen molar-refractivity contribution in [3.63, 3.8) is 0 Å². The molecule has 4 nitrogen and oxygen atoms in total. The Balaban J connectivity index is 2.12. The van der Waals surface area contributed by atoms with Gasteiger partial charge in [0, 0.05) is 37.4 Å². The molecule has 0 unspecified atom stereocenters.